The van der Waals surface area contributed by atoms with Crippen molar-refractivity contribution in [1.29, 1.82) is 0 Å². The van der Waals surface area contributed by atoms with Crippen molar-refractivity contribution < 1.29 is 37.4 Å². The number of alkyl halides is 3. The van der Waals surface area contributed by atoms with Crippen molar-refractivity contribution in [1.82, 2.24) is 24.9 Å². The largest absolute Gasteiger partial charge is 0.497 e. The first-order chi connectivity index (χ1) is 18.0. The van der Waals surface area contributed by atoms with E-state index in [0.717, 1.165) is 71.1 Å². The molecule has 0 aliphatic carbocycles. The van der Waals surface area contributed by atoms with Crippen LogP contribution in [0.4, 0.5) is 13.2 Å². The number of hydrogen-bond donors (Lipinski definition) is 2. The Kier molecular flexibility index (Phi) is 12.8. The summed E-state index contributed by atoms with van der Waals surface area (Å²) < 4.78 is 36.9. The van der Waals surface area contributed by atoms with Crippen LogP contribution in [0.2, 0.25) is 0 Å². The number of aliphatic carboxylic acids is 1. The van der Waals surface area contributed by atoms with Crippen LogP contribution in [0.15, 0.2) is 24.3 Å². The molecule has 1 aromatic carbocycles. The highest BCUT2D eigenvalue weighted by atomic mass is 19.4. The van der Waals surface area contributed by atoms with Crippen LogP contribution in [-0.4, -0.2) is 135 Å². The first-order valence-corrected chi connectivity index (χ1v) is 12.6. The predicted molar refractivity (Wildman–Crippen MR) is 135 cm³/mol. The van der Waals surface area contributed by atoms with Crippen LogP contribution in [0, 0.1) is 0 Å². The summed E-state index contributed by atoms with van der Waals surface area (Å²) in [5, 5.41) is 10.4. The van der Waals surface area contributed by atoms with Gasteiger partial charge in [-0.2, -0.15) is 13.2 Å². The molecular weight excluding hydrogens is 507 g/mol. The quantitative estimate of drug-likeness (QED) is 0.478. The molecule has 0 radical (unpaired) electrons. The summed E-state index contributed by atoms with van der Waals surface area (Å²) in [6.07, 6.45) is -3.80. The zero-order valence-corrected chi connectivity index (χ0v) is 22.0. The summed E-state index contributed by atoms with van der Waals surface area (Å²) in [4.78, 5) is 43.3. The van der Waals surface area contributed by atoms with E-state index in [4.69, 9.17) is 14.6 Å². The van der Waals surface area contributed by atoms with E-state index in [0.29, 0.717) is 25.1 Å². The molecular formula is C25H38F3N5O5. The van der Waals surface area contributed by atoms with Crippen LogP contribution in [0.5, 0.6) is 5.75 Å². The number of ether oxygens (including phenoxy) is 1. The normalized spacial score (nSPS) is 16.8. The molecule has 2 heterocycles. The molecule has 10 nitrogen and oxygen atoms in total. The fourth-order valence-corrected chi connectivity index (χ4v) is 4.09. The third kappa shape index (κ3) is 10.8. The smallest absolute Gasteiger partial charge is 0.490 e. The summed E-state index contributed by atoms with van der Waals surface area (Å²) in [7, 11) is 3.77. The van der Waals surface area contributed by atoms with Crippen molar-refractivity contribution in [2.45, 2.75) is 19.0 Å². The van der Waals surface area contributed by atoms with Crippen molar-refractivity contribution in [2.75, 3.05) is 86.1 Å². The number of likely N-dealkylation sites (N-methyl/N-ethyl adjacent to an activating group) is 1. The Hall–Kier alpha value is -2.90. The molecule has 1 aromatic rings. The lowest BCUT2D eigenvalue weighted by Crippen LogP contribution is -2.47. The summed E-state index contributed by atoms with van der Waals surface area (Å²) >= 11 is 0. The third-order valence-electron chi connectivity index (χ3n) is 6.43. The summed E-state index contributed by atoms with van der Waals surface area (Å²) in [6.45, 7) is 9.59. The molecule has 2 fully saturated rings. The number of carboxylic acid groups (broad SMARTS) is 1. The van der Waals surface area contributed by atoms with E-state index in [2.05, 4.69) is 22.2 Å². The molecule has 2 saturated heterocycles. The minimum absolute atomic E-state index is 0.0193. The van der Waals surface area contributed by atoms with Gasteiger partial charge in [0.2, 0.25) is 5.91 Å². The average Bonchev–Trinajstić information content (AvgIpc) is 2.91. The second-order valence-electron chi connectivity index (χ2n) is 9.20. The maximum absolute atomic E-state index is 13.2. The number of rotatable bonds is 9. The lowest BCUT2D eigenvalue weighted by molar-refractivity contribution is -0.192. The van der Waals surface area contributed by atoms with Gasteiger partial charge < -0.3 is 34.8 Å². The molecule has 2 N–H and O–H groups in total. The van der Waals surface area contributed by atoms with Crippen LogP contribution in [0.1, 0.15) is 23.2 Å². The molecule has 0 bridgehead atoms. The molecule has 2 aliphatic rings. The zero-order valence-electron chi connectivity index (χ0n) is 22.0. The van der Waals surface area contributed by atoms with Crippen LogP contribution in [0.3, 0.4) is 0 Å². The van der Waals surface area contributed by atoms with Crippen LogP contribution in [0.25, 0.3) is 0 Å². The standard InChI is InChI=1S/C23H37N5O3.C2HF3O2/c1-25-16-18-26(19-17-25)11-3-12-28(13-8-22(29)27-14-9-24-10-15-27)23(30)20-4-6-21(31-2)7-5-20;3-2(4,5)1(6)7/h4-7,24H,3,8-19H2,1-2H3;(H,6,7). The minimum atomic E-state index is -5.08. The molecule has 2 amide bonds. The van der Waals surface area contributed by atoms with Gasteiger partial charge in [-0.25, -0.2) is 4.79 Å². The number of methoxy groups -OCH3 is 1. The van der Waals surface area contributed by atoms with E-state index in [1.807, 2.05) is 21.9 Å². The van der Waals surface area contributed by atoms with Crippen molar-refractivity contribution in [2.24, 2.45) is 0 Å². The molecule has 3 rings (SSSR count). The summed E-state index contributed by atoms with van der Waals surface area (Å²) in [6, 6.07) is 7.21. The number of piperazine rings is 2. The molecule has 0 atom stereocenters. The highest BCUT2D eigenvalue weighted by molar-refractivity contribution is 5.94. The van der Waals surface area contributed by atoms with E-state index >= 15 is 0 Å². The van der Waals surface area contributed by atoms with Gasteiger partial charge >= 0.3 is 12.1 Å². The number of nitrogens with one attached hydrogen (secondary N) is 1. The number of hydrogen-bond acceptors (Lipinski definition) is 7. The average molecular weight is 546 g/mol. The van der Waals surface area contributed by atoms with Gasteiger partial charge in [0.05, 0.1) is 7.11 Å². The van der Waals surface area contributed by atoms with Crippen molar-refractivity contribution in [3.05, 3.63) is 29.8 Å². The van der Waals surface area contributed by atoms with Gasteiger partial charge in [-0.05, 0) is 44.3 Å². The number of carbonyl (C=O) groups excluding carboxylic acids is 2. The molecule has 0 aromatic heterocycles. The van der Waals surface area contributed by atoms with Gasteiger partial charge in [-0.3, -0.25) is 9.59 Å². The maximum atomic E-state index is 13.2. The monoisotopic (exact) mass is 545 g/mol. The van der Waals surface area contributed by atoms with Crippen LogP contribution >= 0.6 is 0 Å². The Balaban J connectivity index is 0.000000638. The fourth-order valence-electron chi connectivity index (χ4n) is 4.09. The lowest BCUT2D eigenvalue weighted by Gasteiger charge is -2.33. The number of benzene rings is 1. The van der Waals surface area contributed by atoms with Gasteiger partial charge in [-0.15, -0.1) is 0 Å². The van der Waals surface area contributed by atoms with E-state index in [1.165, 1.54) is 0 Å². The van der Waals surface area contributed by atoms with Crippen molar-refractivity contribution in [3.63, 3.8) is 0 Å². The third-order valence-corrected chi connectivity index (χ3v) is 6.43. The molecule has 0 unspecified atom stereocenters. The highest BCUT2D eigenvalue weighted by Crippen LogP contribution is 2.15. The Bertz CT molecular complexity index is 886. The first-order valence-electron chi connectivity index (χ1n) is 12.6. The van der Waals surface area contributed by atoms with Gasteiger partial charge in [0.1, 0.15) is 5.75 Å². The Morgan fingerprint density at radius 2 is 1.58 bits per heavy atom. The number of amides is 2. The predicted octanol–water partition coefficient (Wildman–Crippen LogP) is 1.23. The molecule has 0 spiro atoms. The van der Waals surface area contributed by atoms with Crippen LogP contribution in [-0.2, 0) is 9.59 Å². The summed E-state index contributed by atoms with van der Waals surface area (Å²) in [5.41, 5.74) is 0.634. The van der Waals surface area contributed by atoms with E-state index < -0.39 is 12.1 Å². The SMILES string of the molecule is COc1ccc(C(=O)N(CCCN2CCN(C)CC2)CCC(=O)N2CCNCC2)cc1.O=C(O)C(F)(F)F. The Morgan fingerprint density at radius 3 is 2.11 bits per heavy atom. The fraction of sp³-hybridized carbons (Fsp3) is 0.640. The molecule has 2 aliphatic heterocycles. The summed E-state index contributed by atoms with van der Waals surface area (Å²) in [5.74, 6) is -1.92. The van der Waals surface area contributed by atoms with E-state index in [9.17, 15) is 22.8 Å². The van der Waals surface area contributed by atoms with Gasteiger partial charge in [0.25, 0.3) is 5.91 Å². The topological polar surface area (TPSA) is 106 Å². The van der Waals surface area contributed by atoms with Crippen molar-refractivity contribution in [3.8, 4) is 5.75 Å². The number of nitrogens with zero attached hydrogens (tertiary/aromatic N) is 4. The second-order valence-corrected chi connectivity index (χ2v) is 9.20. The number of halogens is 3. The lowest BCUT2D eigenvalue weighted by atomic mass is 10.1. The van der Waals surface area contributed by atoms with Crippen LogP contribution < -0.4 is 10.1 Å². The molecule has 0 saturated carbocycles. The Morgan fingerprint density at radius 1 is 1.00 bits per heavy atom. The molecule has 38 heavy (non-hydrogen) atoms. The molecule has 214 valence electrons. The number of carboxylic acids is 1. The van der Waals surface area contributed by atoms with Gasteiger partial charge in [-0.1, -0.05) is 0 Å². The molecule has 13 heteroatoms. The van der Waals surface area contributed by atoms with E-state index in [1.54, 1.807) is 19.2 Å². The Labute approximate surface area is 221 Å². The minimum Gasteiger partial charge on any atom is -0.497 e. The zero-order chi connectivity index (χ0) is 28.1. The van der Waals surface area contributed by atoms with Gasteiger partial charge in [0.15, 0.2) is 0 Å². The van der Waals surface area contributed by atoms with Gasteiger partial charge in [0, 0.05) is 77.4 Å². The second kappa shape index (κ2) is 15.5. The van der Waals surface area contributed by atoms with E-state index in [-0.39, 0.29) is 11.8 Å². The first kappa shape index (κ1) is 31.3. The van der Waals surface area contributed by atoms with Crippen molar-refractivity contribution >= 4 is 17.8 Å². The highest BCUT2D eigenvalue weighted by Gasteiger charge is 2.38. The maximum Gasteiger partial charge on any atom is 0.490 e. The number of carbonyl (C=O) groups is 3.